The molecule has 1 aromatic rings. The number of unbranched alkanes of at least 4 members (excludes halogenated alkanes) is 2. The summed E-state index contributed by atoms with van der Waals surface area (Å²) in [5.74, 6) is 0.455. The van der Waals surface area contributed by atoms with Gasteiger partial charge in [-0.25, -0.2) is 0 Å². The molecule has 94 valence electrons. The predicted molar refractivity (Wildman–Crippen MR) is 72.4 cm³/mol. The Morgan fingerprint density at radius 1 is 1.29 bits per heavy atom. The molecule has 1 aromatic heterocycles. The molecule has 0 amide bonds. The van der Waals surface area contributed by atoms with E-state index in [1.807, 2.05) is 13.8 Å². The summed E-state index contributed by atoms with van der Waals surface area (Å²) in [5.41, 5.74) is 8.18. The van der Waals surface area contributed by atoms with Gasteiger partial charge in [-0.2, -0.15) is 5.10 Å². The van der Waals surface area contributed by atoms with Crippen LogP contribution in [0.4, 0.5) is 0 Å². The predicted octanol–water partition coefficient (Wildman–Crippen LogP) is 2.30. The van der Waals surface area contributed by atoms with Crippen LogP contribution in [0.3, 0.4) is 0 Å². The van der Waals surface area contributed by atoms with Crippen LogP contribution in [0.2, 0.25) is 0 Å². The summed E-state index contributed by atoms with van der Waals surface area (Å²) in [4.78, 5) is 0.311. The molecule has 0 atom stereocenters. The van der Waals surface area contributed by atoms with Crippen LogP contribution in [-0.2, 0) is 0 Å². The van der Waals surface area contributed by atoms with Crippen LogP contribution >= 0.6 is 12.2 Å². The topological polar surface area (TPSA) is 61.0 Å². The summed E-state index contributed by atoms with van der Waals surface area (Å²) >= 11 is 5.03. The third kappa shape index (κ3) is 3.63. The van der Waals surface area contributed by atoms with Crippen LogP contribution in [0.25, 0.3) is 0 Å². The summed E-state index contributed by atoms with van der Waals surface area (Å²) in [6.07, 6.45) is 3.30. The fourth-order valence-electron chi connectivity index (χ4n) is 1.50. The van der Waals surface area contributed by atoms with Crippen LogP contribution in [-0.4, -0.2) is 21.8 Å². The summed E-state index contributed by atoms with van der Waals surface area (Å²) < 4.78 is 5.60. The molecule has 4 nitrogen and oxygen atoms in total. The molecule has 0 aliphatic rings. The molecule has 0 aliphatic heterocycles. The smallest absolute Gasteiger partial charge is 0.244 e. The maximum absolute atomic E-state index is 5.70. The average molecular weight is 253 g/mol. The van der Waals surface area contributed by atoms with Crippen molar-refractivity contribution in [3.63, 3.8) is 0 Å². The van der Waals surface area contributed by atoms with Crippen molar-refractivity contribution in [2.75, 3.05) is 6.61 Å². The Bertz CT molecular complexity index is 407. The molecule has 0 aromatic carbocycles. The summed E-state index contributed by atoms with van der Waals surface area (Å²) in [6.45, 7) is 6.58. The first-order valence-electron chi connectivity index (χ1n) is 5.84. The lowest BCUT2D eigenvalue weighted by Gasteiger charge is -2.12. The molecule has 0 aliphatic carbocycles. The van der Waals surface area contributed by atoms with Gasteiger partial charge in [0.25, 0.3) is 0 Å². The number of aryl methyl sites for hydroxylation is 1. The number of ether oxygens (including phenoxy) is 1. The monoisotopic (exact) mass is 253 g/mol. The zero-order chi connectivity index (χ0) is 12.8. The third-order valence-corrected chi connectivity index (χ3v) is 2.86. The largest absolute Gasteiger partial charge is 0.476 e. The fraction of sp³-hybridized carbons (Fsp3) is 0.583. The molecule has 0 fully saturated rings. The lowest BCUT2D eigenvalue weighted by atomic mass is 10.1. The van der Waals surface area contributed by atoms with Crippen molar-refractivity contribution in [3.05, 3.63) is 16.8 Å². The van der Waals surface area contributed by atoms with Crippen molar-refractivity contribution >= 4 is 17.2 Å². The second-order valence-electron chi connectivity index (χ2n) is 4.01. The molecule has 17 heavy (non-hydrogen) atoms. The van der Waals surface area contributed by atoms with Crippen LogP contribution < -0.4 is 10.5 Å². The second-order valence-corrected chi connectivity index (χ2v) is 4.45. The molecule has 0 saturated heterocycles. The van der Waals surface area contributed by atoms with Crippen LogP contribution in [0.5, 0.6) is 5.88 Å². The van der Waals surface area contributed by atoms with E-state index in [-0.39, 0.29) is 0 Å². The van der Waals surface area contributed by atoms with Crippen LogP contribution in [0, 0.1) is 13.8 Å². The zero-order valence-corrected chi connectivity index (χ0v) is 11.4. The van der Waals surface area contributed by atoms with Gasteiger partial charge in [0.1, 0.15) is 4.99 Å². The van der Waals surface area contributed by atoms with Gasteiger partial charge < -0.3 is 10.5 Å². The van der Waals surface area contributed by atoms with Crippen molar-refractivity contribution in [2.24, 2.45) is 5.73 Å². The minimum Gasteiger partial charge on any atom is -0.476 e. The van der Waals surface area contributed by atoms with E-state index in [1.165, 1.54) is 0 Å². The zero-order valence-electron chi connectivity index (χ0n) is 10.6. The van der Waals surface area contributed by atoms with Crippen molar-refractivity contribution in [1.82, 2.24) is 10.2 Å². The molecule has 0 bridgehead atoms. The summed E-state index contributed by atoms with van der Waals surface area (Å²) in [7, 11) is 0. The van der Waals surface area contributed by atoms with E-state index in [4.69, 9.17) is 22.7 Å². The number of nitrogens with zero attached hydrogens (tertiary/aromatic N) is 2. The van der Waals surface area contributed by atoms with Gasteiger partial charge in [0.2, 0.25) is 5.88 Å². The highest BCUT2D eigenvalue weighted by atomic mass is 32.1. The maximum Gasteiger partial charge on any atom is 0.244 e. The minimum atomic E-state index is 0.311. The summed E-state index contributed by atoms with van der Waals surface area (Å²) in [5, 5.41) is 8.05. The fourth-order valence-corrected chi connectivity index (χ4v) is 1.74. The van der Waals surface area contributed by atoms with E-state index in [2.05, 4.69) is 17.1 Å². The van der Waals surface area contributed by atoms with Gasteiger partial charge in [0.15, 0.2) is 0 Å². The number of rotatable bonds is 6. The first kappa shape index (κ1) is 13.8. The van der Waals surface area contributed by atoms with E-state index in [1.54, 1.807) is 0 Å². The van der Waals surface area contributed by atoms with E-state index >= 15 is 0 Å². The maximum atomic E-state index is 5.70. The molecule has 0 unspecified atom stereocenters. The summed E-state index contributed by atoms with van der Waals surface area (Å²) in [6, 6.07) is 0. The van der Waals surface area contributed by atoms with E-state index in [9.17, 15) is 0 Å². The van der Waals surface area contributed by atoms with Gasteiger partial charge in [-0.1, -0.05) is 32.0 Å². The highest BCUT2D eigenvalue weighted by Crippen LogP contribution is 2.20. The Balaban J connectivity index is 2.84. The van der Waals surface area contributed by atoms with E-state index in [0.717, 1.165) is 30.5 Å². The second kappa shape index (κ2) is 6.49. The lowest BCUT2D eigenvalue weighted by molar-refractivity contribution is 0.290. The highest BCUT2D eigenvalue weighted by Gasteiger charge is 2.14. The third-order valence-electron chi connectivity index (χ3n) is 2.66. The van der Waals surface area contributed by atoms with Crippen LogP contribution in [0.15, 0.2) is 0 Å². The molecule has 1 rings (SSSR count). The van der Waals surface area contributed by atoms with Gasteiger partial charge in [-0.05, 0) is 25.8 Å². The highest BCUT2D eigenvalue weighted by molar-refractivity contribution is 7.80. The molecule has 0 spiro atoms. The Morgan fingerprint density at radius 3 is 2.59 bits per heavy atom. The molecule has 1 heterocycles. The van der Waals surface area contributed by atoms with Gasteiger partial charge >= 0.3 is 0 Å². The first-order chi connectivity index (χ1) is 8.07. The Morgan fingerprint density at radius 2 is 2.00 bits per heavy atom. The lowest BCUT2D eigenvalue weighted by Crippen LogP contribution is -2.16. The normalized spacial score (nSPS) is 10.3. The number of nitrogens with two attached hydrogens (primary N) is 1. The molecule has 0 saturated carbocycles. The number of aromatic nitrogens is 2. The Kier molecular flexibility index (Phi) is 5.28. The molecule has 2 N–H and O–H groups in total. The number of thiocarbonyl (C=S) groups is 1. The van der Waals surface area contributed by atoms with Crippen molar-refractivity contribution < 1.29 is 4.74 Å². The van der Waals surface area contributed by atoms with Gasteiger partial charge in [-0.15, -0.1) is 5.10 Å². The SMILES string of the molecule is CCCCCOc1nnc(C)c(C)c1C(N)=S. The average Bonchev–Trinajstić information content (AvgIpc) is 2.28. The van der Waals surface area contributed by atoms with Crippen molar-refractivity contribution in [2.45, 2.75) is 40.0 Å². The molecular weight excluding hydrogens is 234 g/mol. The standard InChI is InChI=1S/C12H19N3OS/c1-4-5-6-7-16-12-10(11(13)17)8(2)9(3)14-15-12/h4-7H2,1-3H3,(H2,13,17). The van der Waals surface area contributed by atoms with Crippen molar-refractivity contribution in [3.8, 4) is 5.88 Å². The van der Waals surface area contributed by atoms with Gasteiger partial charge in [0, 0.05) is 0 Å². The Labute approximate surface area is 108 Å². The number of hydrogen-bond acceptors (Lipinski definition) is 4. The quantitative estimate of drug-likeness (QED) is 0.622. The molecule has 0 radical (unpaired) electrons. The first-order valence-corrected chi connectivity index (χ1v) is 6.25. The molecular formula is C12H19N3OS. The molecule has 5 heteroatoms. The Hall–Kier alpha value is -1.23. The van der Waals surface area contributed by atoms with Gasteiger partial charge in [-0.3, -0.25) is 0 Å². The van der Waals surface area contributed by atoms with E-state index in [0.29, 0.717) is 23.0 Å². The van der Waals surface area contributed by atoms with E-state index < -0.39 is 0 Å². The number of hydrogen-bond donors (Lipinski definition) is 1. The minimum absolute atomic E-state index is 0.311. The van der Waals surface area contributed by atoms with Gasteiger partial charge in [0.05, 0.1) is 17.9 Å². The van der Waals surface area contributed by atoms with Crippen LogP contribution in [0.1, 0.15) is 43.0 Å². The van der Waals surface area contributed by atoms with Crippen molar-refractivity contribution in [1.29, 1.82) is 0 Å².